The highest BCUT2D eigenvalue weighted by molar-refractivity contribution is 5.85. The van der Waals surface area contributed by atoms with Crippen LogP contribution in [-0.2, 0) is 11.3 Å². The van der Waals surface area contributed by atoms with E-state index in [1.165, 1.54) is 6.42 Å². The van der Waals surface area contributed by atoms with Gasteiger partial charge in [-0.15, -0.1) is 12.4 Å². The van der Waals surface area contributed by atoms with Gasteiger partial charge in [0.15, 0.2) is 0 Å². The first-order valence-electron chi connectivity index (χ1n) is 7.94. The van der Waals surface area contributed by atoms with Gasteiger partial charge in [0.1, 0.15) is 5.75 Å². The molecule has 2 saturated carbocycles. The number of nitrogens with one attached hydrogen (secondary N) is 1. The normalized spacial score (nSPS) is 29.0. The Morgan fingerprint density at radius 1 is 1.32 bits per heavy atom. The molecule has 1 amide bonds. The zero-order valence-corrected chi connectivity index (χ0v) is 13.8. The molecule has 2 bridgehead atoms. The van der Waals surface area contributed by atoms with E-state index in [2.05, 4.69) is 5.32 Å². The number of carbonyl (C=O) groups excluding carboxylic acids is 1. The summed E-state index contributed by atoms with van der Waals surface area (Å²) >= 11 is 0. The molecule has 0 aromatic heterocycles. The fraction of sp³-hybridized carbons (Fsp3) is 0.588. The van der Waals surface area contributed by atoms with E-state index in [9.17, 15) is 4.79 Å². The monoisotopic (exact) mass is 324 g/mol. The van der Waals surface area contributed by atoms with E-state index in [0.29, 0.717) is 25.0 Å². The number of halogens is 1. The van der Waals surface area contributed by atoms with Crippen molar-refractivity contribution in [2.24, 2.45) is 23.5 Å². The van der Waals surface area contributed by atoms with Gasteiger partial charge in [-0.25, -0.2) is 0 Å². The van der Waals surface area contributed by atoms with Gasteiger partial charge in [-0.3, -0.25) is 4.79 Å². The second-order valence-electron chi connectivity index (χ2n) is 6.19. The number of para-hydroxylation sites is 1. The van der Waals surface area contributed by atoms with Gasteiger partial charge in [-0.2, -0.15) is 0 Å². The number of rotatable bonds is 5. The zero-order chi connectivity index (χ0) is 14.8. The molecule has 22 heavy (non-hydrogen) atoms. The summed E-state index contributed by atoms with van der Waals surface area (Å²) in [5.74, 6) is 2.01. The minimum Gasteiger partial charge on any atom is -0.494 e. The maximum Gasteiger partial charge on any atom is 0.225 e. The van der Waals surface area contributed by atoms with Gasteiger partial charge in [0.2, 0.25) is 5.91 Å². The summed E-state index contributed by atoms with van der Waals surface area (Å²) in [5, 5.41) is 3.06. The molecule has 4 atom stereocenters. The summed E-state index contributed by atoms with van der Waals surface area (Å²) in [6.45, 7) is 3.10. The summed E-state index contributed by atoms with van der Waals surface area (Å²) in [6, 6.07) is 7.89. The molecule has 0 heterocycles. The van der Waals surface area contributed by atoms with Gasteiger partial charge >= 0.3 is 0 Å². The molecule has 4 unspecified atom stereocenters. The third kappa shape index (κ3) is 3.23. The molecule has 0 saturated heterocycles. The SMILES string of the molecule is CCOc1ccccc1CNC(=O)C1C2CCC(C2)C1N.Cl. The molecule has 0 spiro atoms. The fourth-order valence-corrected chi connectivity index (χ4v) is 3.97. The number of ether oxygens (including phenoxy) is 1. The number of benzene rings is 1. The summed E-state index contributed by atoms with van der Waals surface area (Å²) in [4.78, 5) is 12.5. The van der Waals surface area contributed by atoms with E-state index in [1.54, 1.807) is 0 Å². The van der Waals surface area contributed by atoms with Gasteiger partial charge in [0.05, 0.1) is 12.5 Å². The van der Waals surface area contributed by atoms with Crippen LogP contribution in [0.5, 0.6) is 5.75 Å². The van der Waals surface area contributed by atoms with Crippen molar-refractivity contribution < 1.29 is 9.53 Å². The van der Waals surface area contributed by atoms with Crippen LogP contribution in [0.3, 0.4) is 0 Å². The Morgan fingerprint density at radius 2 is 2.05 bits per heavy atom. The van der Waals surface area contributed by atoms with Crippen molar-refractivity contribution in [1.29, 1.82) is 0 Å². The summed E-state index contributed by atoms with van der Waals surface area (Å²) in [7, 11) is 0. The molecule has 3 rings (SSSR count). The number of fused-ring (bicyclic) bond motifs is 2. The third-order valence-corrected chi connectivity index (χ3v) is 5.01. The van der Waals surface area contributed by atoms with Crippen LogP contribution in [0.25, 0.3) is 0 Å². The van der Waals surface area contributed by atoms with Crippen LogP contribution in [0, 0.1) is 17.8 Å². The van der Waals surface area contributed by atoms with Crippen molar-refractivity contribution in [1.82, 2.24) is 5.32 Å². The van der Waals surface area contributed by atoms with E-state index in [1.807, 2.05) is 31.2 Å². The van der Waals surface area contributed by atoms with Crippen LogP contribution >= 0.6 is 12.4 Å². The van der Waals surface area contributed by atoms with Crippen LogP contribution in [0.2, 0.25) is 0 Å². The minimum absolute atomic E-state index is 0. The molecular weight excluding hydrogens is 300 g/mol. The Labute approximate surface area is 138 Å². The quantitative estimate of drug-likeness (QED) is 0.874. The first-order valence-corrected chi connectivity index (χ1v) is 7.94. The van der Waals surface area contributed by atoms with Gasteiger partial charge in [0.25, 0.3) is 0 Å². The highest BCUT2D eigenvalue weighted by atomic mass is 35.5. The fourth-order valence-electron chi connectivity index (χ4n) is 3.97. The maximum atomic E-state index is 12.5. The summed E-state index contributed by atoms with van der Waals surface area (Å²) in [5.41, 5.74) is 7.24. The molecule has 2 aliphatic rings. The molecule has 2 aliphatic carbocycles. The maximum absolute atomic E-state index is 12.5. The number of amides is 1. The Kier molecular flexibility index (Phi) is 5.70. The molecule has 0 aliphatic heterocycles. The topological polar surface area (TPSA) is 64.3 Å². The van der Waals surface area contributed by atoms with E-state index in [0.717, 1.165) is 24.2 Å². The van der Waals surface area contributed by atoms with Gasteiger partial charge in [-0.05, 0) is 44.1 Å². The lowest BCUT2D eigenvalue weighted by molar-refractivity contribution is -0.127. The molecular formula is C17H25ClN2O2. The lowest BCUT2D eigenvalue weighted by atomic mass is 9.84. The average Bonchev–Trinajstić information content (AvgIpc) is 3.07. The second kappa shape index (κ2) is 7.34. The smallest absolute Gasteiger partial charge is 0.225 e. The lowest BCUT2D eigenvalue weighted by Gasteiger charge is -2.27. The number of carbonyl (C=O) groups is 1. The zero-order valence-electron chi connectivity index (χ0n) is 13.0. The average molecular weight is 325 g/mol. The molecule has 122 valence electrons. The first-order chi connectivity index (χ1) is 10.2. The van der Waals surface area contributed by atoms with Crippen molar-refractivity contribution in [3.05, 3.63) is 29.8 Å². The van der Waals surface area contributed by atoms with Crippen LogP contribution in [0.1, 0.15) is 31.7 Å². The molecule has 0 radical (unpaired) electrons. The van der Waals surface area contributed by atoms with Crippen molar-refractivity contribution in [2.75, 3.05) is 6.61 Å². The van der Waals surface area contributed by atoms with Crippen molar-refractivity contribution in [3.8, 4) is 5.75 Å². The molecule has 2 fully saturated rings. The highest BCUT2D eigenvalue weighted by Gasteiger charge is 2.48. The Hall–Kier alpha value is -1.26. The Balaban J connectivity index is 0.00000176. The molecule has 3 N–H and O–H groups in total. The van der Waals surface area contributed by atoms with Gasteiger partial charge in [0, 0.05) is 18.2 Å². The van der Waals surface area contributed by atoms with Crippen LogP contribution in [0.15, 0.2) is 24.3 Å². The van der Waals surface area contributed by atoms with E-state index >= 15 is 0 Å². The lowest BCUT2D eigenvalue weighted by Crippen LogP contribution is -2.45. The van der Waals surface area contributed by atoms with E-state index < -0.39 is 0 Å². The Morgan fingerprint density at radius 3 is 2.73 bits per heavy atom. The van der Waals surface area contributed by atoms with Crippen LogP contribution in [-0.4, -0.2) is 18.6 Å². The largest absolute Gasteiger partial charge is 0.494 e. The molecule has 1 aromatic carbocycles. The van der Waals surface area contributed by atoms with Crippen molar-refractivity contribution >= 4 is 18.3 Å². The second-order valence-corrected chi connectivity index (χ2v) is 6.19. The van der Waals surface area contributed by atoms with Gasteiger partial charge in [-0.1, -0.05) is 18.2 Å². The summed E-state index contributed by atoms with van der Waals surface area (Å²) < 4.78 is 5.59. The number of hydrogen-bond acceptors (Lipinski definition) is 3. The molecule has 1 aromatic rings. The van der Waals surface area contributed by atoms with Crippen LogP contribution in [0.4, 0.5) is 0 Å². The molecule has 4 nitrogen and oxygen atoms in total. The standard InChI is InChI=1S/C17H24N2O2.ClH/c1-2-21-14-6-4-3-5-13(14)10-19-17(20)15-11-7-8-12(9-11)16(15)18;/h3-6,11-12,15-16H,2,7-10,18H2,1H3,(H,19,20);1H. The van der Waals surface area contributed by atoms with E-state index in [-0.39, 0.29) is 30.3 Å². The Bertz CT molecular complexity index is 521. The number of hydrogen-bond donors (Lipinski definition) is 2. The predicted molar refractivity (Wildman–Crippen MR) is 89.0 cm³/mol. The minimum atomic E-state index is 0. The number of nitrogens with two attached hydrogens (primary N) is 1. The highest BCUT2D eigenvalue weighted by Crippen LogP contribution is 2.47. The van der Waals surface area contributed by atoms with Crippen LogP contribution < -0.4 is 15.8 Å². The van der Waals surface area contributed by atoms with E-state index in [4.69, 9.17) is 10.5 Å². The van der Waals surface area contributed by atoms with Crippen molar-refractivity contribution in [3.63, 3.8) is 0 Å². The predicted octanol–water partition coefficient (Wildman–Crippen LogP) is 2.50. The van der Waals surface area contributed by atoms with Gasteiger partial charge < -0.3 is 15.8 Å². The first kappa shape index (κ1) is 17.1. The summed E-state index contributed by atoms with van der Waals surface area (Å²) in [6.07, 6.45) is 3.49. The van der Waals surface area contributed by atoms with Crippen molar-refractivity contribution in [2.45, 2.75) is 38.8 Å². The molecule has 5 heteroatoms. The third-order valence-electron chi connectivity index (χ3n) is 5.01.